The lowest BCUT2D eigenvalue weighted by Crippen LogP contribution is -2.57. The largest absolute Gasteiger partial charge is 0.507 e. The van der Waals surface area contributed by atoms with E-state index in [9.17, 15) is 9.50 Å². The summed E-state index contributed by atoms with van der Waals surface area (Å²) in [7, 11) is 1.55. The minimum absolute atomic E-state index is 0.00582. The number of phenols is 1. The Kier molecular flexibility index (Phi) is 4.97. The second-order valence-electron chi connectivity index (χ2n) is 8.20. The first kappa shape index (κ1) is 20.3. The molecule has 2 N–H and O–H groups in total. The topological polar surface area (TPSA) is 102 Å². The highest BCUT2D eigenvalue weighted by Gasteiger charge is 2.46. The van der Waals surface area contributed by atoms with Crippen LogP contribution in [-0.2, 0) is 0 Å². The lowest BCUT2D eigenvalue weighted by molar-refractivity contribution is 0.0262. The molecule has 164 valence electrons. The Labute approximate surface area is 184 Å². The van der Waals surface area contributed by atoms with Crippen molar-refractivity contribution in [2.75, 3.05) is 7.11 Å². The van der Waals surface area contributed by atoms with E-state index in [-0.39, 0.29) is 23.3 Å². The number of phenolic OH excluding ortho intramolecular Hbond substituents is 1. The monoisotopic (exact) mass is 435 g/mol. The molecule has 4 atom stereocenters. The summed E-state index contributed by atoms with van der Waals surface area (Å²) in [6.45, 7) is 2.00. The van der Waals surface area contributed by atoms with Gasteiger partial charge in [0.1, 0.15) is 17.5 Å². The van der Waals surface area contributed by atoms with E-state index in [1.807, 2.05) is 31.2 Å². The standard InChI is InChI=1S/C23H22FN5O3/c1-23-7-5-16(27-23)21(24)19(11-23)32-22-26-12-17(28-29-22)15-4-3-13(9-18(15)30)14-6-8-25-20(10-14)31-2/h3-10,12,16,19,21,27,30H,11H2,1-2H3/t16?,19-,21+,23-/m1/s1. The maximum absolute atomic E-state index is 14.7. The van der Waals surface area contributed by atoms with Crippen molar-refractivity contribution < 1.29 is 19.0 Å². The molecule has 0 spiro atoms. The number of methoxy groups -OCH3 is 1. The first-order valence-corrected chi connectivity index (χ1v) is 10.3. The van der Waals surface area contributed by atoms with Crippen LogP contribution < -0.4 is 14.8 Å². The van der Waals surface area contributed by atoms with Crippen LogP contribution in [0.4, 0.5) is 4.39 Å². The van der Waals surface area contributed by atoms with Crippen molar-refractivity contribution in [2.24, 2.45) is 0 Å². The Morgan fingerprint density at radius 2 is 2.00 bits per heavy atom. The number of benzene rings is 1. The van der Waals surface area contributed by atoms with Crippen molar-refractivity contribution in [3.8, 4) is 40.0 Å². The fraction of sp³-hybridized carbons (Fsp3) is 0.304. The maximum atomic E-state index is 14.7. The van der Waals surface area contributed by atoms with E-state index in [0.717, 1.165) is 11.1 Å². The summed E-state index contributed by atoms with van der Waals surface area (Å²) < 4.78 is 25.5. The average molecular weight is 435 g/mol. The fourth-order valence-corrected chi connectivity index (χ4v) is 4.18. The van der Waals surface area contributed by atoms with E-state index in [1.54, 1.807) is 31.5 Å². The number of pyridine rings is 1. The van der Waals surface area contributed by atoms with Gasteiger partial charge in [-0.3, -0.25) is 5.32 Å². The number of ether oxygens (including phenoxy) is 2. The third-order valence-corrected chi connectivity index (χ3v) is 5.84. The molecule has 1 fully saturated rings. The molecule has 0 radical (unpaired) electrons. The van der Waals surface area contributed by atoms with Crippen molar-refractivity contribution in [3.63, 3.8) is 0 Å². The van der Waals surface area contributed by atoms with Crippen LogP contribution in [0.3, 0.4) is 0 Å². The molecule has 32 heavy (non-hydrogen) atoms. The van der Waals surface area contributed by atoms with Crippen LogP contribution in [0.15, 0.2) is 54.9 Å². The number of aromatic nitrogens is 4. The molecule has 1 unspecified atom stereocenters. The maximum Gasteiger partial charge on any atom is 0.336 e. The second-order valence-corrected chi connectivity index (χ2v) is 8.20. The normalized spacial score (nSPS) is 26.2. The third-order valence-electron chi connectivity index (χ3n) is 5.84. The molecule has 2 aromatic heterocycles. The molecular formula is C23H22FN5O3. The van der Waals surface area contributed by atoms with Gasteiger partial charge in [0.25, 0.3) is 0 Å². The summed E-state index contributed by atoms with van der Waals surface area (Å²) in [6, 6.07) is 8.45. The van der Waals surface area contributed by atoms with Gasteiger partial charge in [-0.25, -0.2) is 14.4 Å². The van der Waals surface area contributed by atoms with Gasteiger partial charge in [-0.15, -0.1) is 5.10 Å². The summed E-state index contributed by atoms with van der Waals surface area (Å²) in [6.07, 6.45) is 5.51. The number of nitrogens with zero attached hydrogens (tertiary/aromatic N) is 4. The lowest BCUT2D eigenvalue weighted by Gasteiger charge is -2.38. The number of hydrogen-bond acceptors (Lipinski definition) is 8. The molecular weight excluding hydrogens is 413 g/mol. The van der Waals surface area contributed by atoms with Gasteiger partial charge in [-0.2, -0.15) is 0 Å². The lowest BCUT2D eigenvalue weighted by atomic mass is 9.90. The average Bonchev–Trinajstić information content (AvgIpc) is 3.15. The van der Waals surface area contributed by atoms with Gasteiger partial charge in [0.05, 0.1) is 19.3 Å². The number of rotatable bonds is 5. The predicted molar refractivity (Wildman–Crippen MR) is 115 cm³/mol. The summed E-state index contributed by atoms with van der Waals surface area (Å²) >= 11 is 0. The van der Waals surface area contributed by atoms with Gasteiger partial charge in [-0.1, -0.05) is 23.3 Å². The Morgan fingerprint density at radius 1 is 1.16 bits per heavy atom. The van der Waals surface area contributed by atoms with Crippen LogP contribution in [0, 0.1) is 0 Å². The Balaban J connectivity index is 1.33. The van der Waals surface area contributed by atoms with E-state index in [4.69, 9.17) is 9.47 Å². The molecule has 9 heteroatoms. The molecule has 2 aliphatic rings. The van der Waals surface area contributed by atoms with E-state index >= 15 is 0 Å². The van der Waals surface area contributed by atoms with Gasteiger partial charge in [0.2, 0.25) is 5.88 Å². The zero-order valence-electron chi connectivity index (χ0n) is 17.6. The summed E-state index contributed by atoms with van der Waals surface area (Å²) in [5, 5.41) is 21.9. The third kappa shape index (κ3) is 3.75. The Morgan fingerprint density at radius 3 is 2.75 bits per heavy atom. The second kappa shape index (κ2) is 7.83. The molecule has 2 aliphatic heterocycles. The highest BCUT2D eigenvalue weighted by atomic mass is 19.1. The first-order valence-electron chi connectivity index (χ1n) is 10.3. The highest BCUT2D eigenvalue weighted by Crippen LogP contribution is 2.35. The molecule has 1 aromatic carbocycles. The van der Waals surface area contributed by atoms with Crippen molar-refractivity contribution in [1.82, 2.24) is 25.5 Å². The van der Waals surface area contributed by atoms with Crippen LogP contribution in [0.2, 0.25) is 0 Å². The number of nitrogens with one attached hydrogen (secondary N) is 1. The Bertz CT molecular complexity index is 1170. The minimum Gasteiger partial charge on any atom is -0.507 e. The van der Waals surface area contributed by atoms with E-state index in [2.05, 4.69) is 25.5 Å². The quantitative estimate of drug-likeness (QED) is 0.590. The molecule has 4 heterocycles. The van der Waals surface area contributed by atoms with Crippen molar-refractivity contribution in [2.45, 2.75) is 37.2 Å². The summed E-state index contributed by atoms with van der Waals surface area (Å²) in [5.41, 5.74) is 2.21. The van der Waals surface area contributed by atoms with Gasteiger partial charge >= 0.3 is 6.01 Å². The highest BCUT2D eigenvalue weighted by molar-refractivity contribution is 5.74. The number of piperidine rings is 1. The summed E-state index contributed by atoms with van der Waals surface area (Å²) in [4.78, 5) is 8.27. The Hall–Kier alpha value is -3.59. The smallest absolute Gasteiger partial charge is 0.336 e. The number of hydrogen-bond donors (Lipinski definition) is 2. The van der Waals surface area contributed by atoms with Crippen LogP contribution in [-0.4, -0.2) is 56.2 Å². The first-order chi connectivity index (χ1) is 15.4. The molecule has 0 amide bonds. The number of aromatic hydroxyl groups is 1. The molecule has 0 aliphatic carbocycles. The molecule has 8 nitrogen and oxygen atoms in total. The van der Waals surface area contributed by atoms with Gasteiger partial charge < -0.3 is 14.6 Å². The van der Waals surface area contributed by atoms with Gasteiger partial charge in [0, 0.05) is 29.8 Å². The molecule has 0 saturated carbocycles. The molecule has 3 aromatic rings. The number of halogens is 1. The van der Waals surface area contributed by atoms with Crippen LogP contribution in [0.1, 0.15) is 13.3 Å². The molecule has 5 rings (SSSR count). The molecule has 2 bridgehead atoms. The SMILES string of the molecule is COc1cc(-c2ccc(-c3cnc(O[C@@H]4C[C@@]5(C)C=CC(N5)[C@@H]4F)nn3)c(O)c2)ccn1. The minimum atomic E-state index is -1.20. The van der Waals surface area contributed by atoms with Crippen molar-refractivity contribution in [3.05, 3.63) is 54.9 Å². The van der Waals surface area contributed by atoms with Crippen LogP contribution in [0.5, 0.6) is 17.6 Å². The fourth-order valence-electron chi connectivity index (χ4n) is 4.18. The zero-order chi connectivity index (χ0) is 22.3. The predicted octanol–water partition coefficient (Wildman–Crippen LogP) is 3.09. The van der Waals surface area contributed by atoms with E-state index < -0.39 is 12.3 Å². The van der Waals surface area contributed by atoms with Crippen LogP contribution in [0.25, 0.3) is 22.4 Å². The molecule has 1 saturated heterocycles. The summed E-state index contributed by atoms with van der Waals surface area (Å²) in [5.74, 6) is 0.513. The number of fused-ring (bicyclic) bond motifs is 2. The zero-order valence-corrected chi connectivity index (χ0v) is 17.6. The van der Waals surface area contributed by atoms with Crippen molar-refractivity contribution in [1.29, 1.82) is 0 Å². The van der Waals surface area contributed by atoms with Gasteiger partial charge in [0.15, 0.2) is 6.17 Å². The van der Waals surface area contributed by atoms with Gasteiger partial charge in [-0.05, 0) is 36.2 Å². The van der Waals surface area contributed by atoms with E-state index in [0.29, 0.717) is 23.6 Å². The van der Waals surface area contributed by atoms with Crippen LogP contribution >= 0.6 is 0 Å². The van der Waals surface area contributed by atoms with Crippen molar-refractivity contribution >= 4 is 0 Å². The van der Waals surface area contributed by atoms with E-state index in [1.165, 1.54) is 6.20 Å². The number of alkyl halides is 1.